The number of nitrogens with zero attached hydrogens (tertiary/aromatic N) is 1. The lowest BCUT2D eigenvalue weighted by molar-refractivity contribution is -0.113. The van der Waals surface area contributed by atoms with Gasteiger partial charge in [0.1, 0.15) is 0 Å². The predicted octanol–water partition coefficient (Wildman–Crippen LogP) is 6.53. The Morgan fingerprint density at radius 2 is 2.00 bits per heavy atom. The van der Waals surface area contributed by atoms with E-state index in [-0.39, 0.29) is 17.3 Å². The van der Waals surface area contributed by atoms with Crippen LogP contribution in [-0.2, 0) is 4.79 Å². The quantitative estimate of drug-likeness (QED) is 0.426. The minimum Gasteiger partial charge on any atom is -0.490 e. The first-order valence-corrected chi connectivity index (χ1v) is 11.0. The van der Waals surface area contributed by atoms with Crippen LogP contribution in [0.1, 0.15) is 26.3 Å². The average molecular weight is 497 g/mol. The second kappa shape index (κ2) is 9.24. The van der Waals surface area contributed by atoms with Crippen molar-refractivity contribution in [1.29, 1.82) is 0 Å². The number of amides is 2. The highest BCUT2D eigenvalue weighted by atomic mass is 79.9. The number of hydrogen-bond donors (Lipinski definition) is 0. The molecule has 1 fully saturated rings. The molecule has 1 heterocycles. The fourth-order valence-corrected chi connectivity index (χ4v) is 4.32. The predicted molar refractivity (Wildman–Crippen MR) is 121 cm³/mol. The van der Waals surface area contributed by atoms with Gasteiger partial charge in [0, 0.05) is 5.02 Å². The van der Waals surface area contributed by atoms with Gasteiger partial charge >= 0.3 is 0 Å². The van der Waals surface area contributed by atoms with Gasteiger partial charge in [-0.1, -0.05) is 17.7 Å². The topological polar surface area (TPSA) is 55.8 Å². The van der Waals surface area contributed by atoms with Crippen molar-refractivity contribution >= 4 is 62.2 Å². The van der Waals surface area contributed by atoms with Crippen LogP contribution in [-0.4, -0.2) is 23.9 Å². The van der Waals surface area contributed by atoms with Crippen molar-refractivity contribution in [3.05, 3.63) is 56.4 Å². The molecule has 0 unspecified atom stereocenters. The number of hydrogen-bond acceptors (Lipinski definition) is 5. The molecule has 1 aliphatic heterocycles. The number of rotatable bonds is 6. The van der Waals surface area contributed by atoms with Crippen LogP contribution in [0.15, 0.2) is 45.8 Å². The highest BCUT2D eigenvalue weighted by Crippen LogP contribution is 2.40. The lowest BCUT2D eigenvalue weighted by atomic mass is 10.1. The molecular formula is C21H19BrClNO4S. The molecule has 0 atom stereocenters. The van der Waals surface area contributed by atoms with Crippen LogP contribution in [0.25, 0.3) is 6.08 Å². The highest BCUT2D eigenvalue weighted by Gasteiger charge is 2.36. The van der Waals surface area contributed by atoms with Crippen molar-refractivity contribution in [2.24, 2.45) is 0 Å². The largest absolute Gasteiger partial charge is 0.490 e. The van der Waals surface area contributed by atoms with E-state index in [1.54, 1.807) is 36.4 Å². The van der Waals surface area contributed by atoms with E-state index < -0.39 is 0 Å². The van der Waals surface area contributed by atoms with Crippen molar-refractivity contribution in [1.82, 2.24) is 0 Å². The van der Waals surface area contributed by atoms with Gasteiger partial charge in [-0.3, -0.25) is 9.59 Å². The molecule has 1 aliphatic rings. The number of benzene rings is 2. The van der Waals surface area contributed by atoms with Crippen molar-refractivity contribution in [3.8, 4) is 11.5 Å². The Kier molecular flexibility index (Phi) is 6.93. The Hall–Kier alpha value is -1.96. The van der Waals surface area contributed by atoms with Gasteiger partial charge in [-0.05, 0) is 90.4 Å². The van der Waals surface area contributed by atoms with Gasteiger partial charge in [-0.2, -0.15) is 0 Å². The Bertz CT molecular complexity index is 993. The summed E-state index contributed by atoms with van der Waals surface area (Å²) in [5.74, 6) is 0.779. The van der Waals surface area contributed by atoms with Crippen LogP contribution in [0, 0.1) is 0 Å². The van der Waals surface area contributed by atoms with Gasteiger partial charge in [0.2, 0.25) is 0 Å². The molecule has 5 nitrogen and oxygen atoms in total. The SMILES string of the molecule is CCOc1cc(/C=C2/SC(=O)N(c3cccc(Cl)c3)C2=O)cc(Br)c1OC(C)C. The third-order valence-electron chi connectivity index (χ3n) is 3.84. The molecule has 0 radical (unpaired) electrons. The molecule has 2 aromatic rings. The minimum atomic E-state index is -0.390. The Balaban J connectivity index is 1.95. The Morgan fingerprint density at radius 1 is 1.24 bits per heavy atom. The number of carbonyl (C=O) groups excluding carboxylic acids is 2. The van der Waals surface area contributed by atoms with Crippen molar-refractivity contribution in [2.45, 2.75) is 26.9 Å². The first kappa shape index (κ1) is 21.7. The Labute approximate surface area is 187 Å². The van der Waals surface area contributed by atoms with Crippen LogP contribution in [0.2, 0.25) is 5.02 Å². The fraction of sp³-hybridized carbons (Fsp3) is 0.238. The molecule has 0 aromatic heterocycles. The molecule has 3 rings (SSSR count). The van der Waals surface area contributed by atoms with Crippen LogP contribution < -0.4 is 14.4 Å². The first-order valence-electron chi connectivity index (χ1n) is 8.96. The summed E-state index contributed by atoms with van der Waals surface area (Å²) in [6.07, 6.45) is 1.65. The van der Waals surface area contributed by atoms with Crippen LogP contribution in [0.4, 0.5) is 10.5 Å². The zero-order chi connectivity index (χ0) is 21.1. The fourth-order valence-electron chi connectivity index (χ4n) is 2.74. The van der Waals surface area contributed by atoms with Crippen molar-refractivity contribution < 1.29 is 19.1 Å². The van der Waals surface area contributed by atoms with E-state index in [0.717, 1.165) is 16.7 Å². The summed E-state index contributed by atoms with van der Waals surface area (Å²) in [5, 5.41) is 0.0870. The normalized spacial score (nSPS) is 15.5. The summed E-state index contributed by atoms with van der Waals surface area (Å²) in [7, 11) is 0. The summed E-state index contributed by atoms with van der Waals surface area (Å²) in [5.41, 5.74) is 1.16. The molecule has 0 bridgehead atoms. The summed E-state index contributed by atoms with van der Waals surface area (Å²) in [4.78, 5) is 26.7. The summed E-state index contributed by atoms with van der Waals surface area (Å²) in [6, 6.07) is 10.3. The number of carbonyl (C=O) groups is 2. The van der Waals surface area contributed by atoms with E-state index >= 15 is 0 Å². The van der Waals surface area contributed by atoms with Crippen LogP contribution in [0.5, 0.6) is 11.5 Å². The second-order valence-corrected chi connectivity index (χ2v) is 8.71. The molecule has 1 saturated heterocycles. The molecule has 0 spiro atoms. The van der Waals surface area contributed by atoms with E-state index in [1.165, 1.54) is 0 Å². The van der Waals surface area contributed by atoms with Gasteiger partial charge in [0.25, 0.3) is 11.1 Å². The summed E-state index contributed by atoms with van der Waals surface area (Å²) >= 11 is 10.4. The highest BCUT2D eigenvalue weighted by molar-refractivity contribution is 9.10. The van der Waals surface area contributed by atoms with Gasteiger partial charge in [0.15, 0.2) is 11.5 Å². The number of thioether (sulfide) groups is 1. The van der Waals surface area contributed by atoms with Gasteiger partial charge in [-0.15, -0.1) is 0 Å². The van der Waals surface area contributed by atoms with Crippen LogP contribution >= 0.6 is 39.3 Å². The van der Waals surface area contributed by atoms with E-state index in [1.807, 2.05) is 26.8 Å². The molecular weight excluding hydrogens is 478 g/mol. The van der Waals surface area contributed by atoms with Gasteiger partial charge < -0.3 is 9.47 Å². The summed E-state index contributed by atoms with van der Waals surface area (Å²) in [6.45, 7) is 6.22. The van der Waals surface area contributed by atoms with E-state index in [0.29, 0.717) is 43.8 Å². The minimum absolute atomic E-state index is 0.0226. The zero-order valence-corrected chi connectivity index (χ0v) is 19.2. The third kappa shape index (κ3) is 4.97. The number of halogens is 2. The van der Waals surface area contributed by atoms with E-state index in [4.69, 9.17) is 21.1 Å². The molecule has 152 valence electrons. The van der Waals surface area contributed by atoms with E-state index in [2.05, 4.69) is 15.9 Å². The Morgan fingerprint density at radius 3 is 2.66 bits per heavy atom. The second-order valence-electron chi connectivity index (χ2n) is 6.43. The molecule has 8 heteroatoms. The summed E-state index contributed by atoms with van der Waals surface area (Å²) < 4.78 is 12.3. The number of ether oxygens (including phenoxy) is 2. The van der Waals surface area contributed by atoms with Gasteiger partial charge in [-0.25, -0.2) is 4.90 Å². The molecule has 0 saturated carbocycles. The molecule has 29 heavy (non-hydrogen) atoms. The molecule has 2 aromatic carbocycles. The molecule has 0 N–H and O–H groups in total. The maximum absolute atomic E-state index is 12.8. The van der Waals surface area contributed by atoms with Crippen molar-refractivity contribution in [2.75, 3.05) is 11.5 Å². The van der Waals surface area contributed by atoms with Gasteiger partial charge in [0.05, 0.1) is 27.8 Å². The number of imide groups is 1. The maximum Gasteiger partial charge on any atom is 0.298 e. The van der Waals surface area contributed by atoms with Crippen LogP contribution in [0.3, 0.4) is 0 Å². The average Bonchev–Trinajstić information content (AvgIpc) is 2.91. The standard InChI is InChI=1S/C21H19BrClNO4S/c1-4-27-17-9-13(8-16(22)19(17)28-12(2)3)10-18-20(25)24(21(26)29-18)15-7-5-6-14(23)11-15/h5-12H,4H2,1-3H3/b18-10+. The smallest absolute Gasteiger partial charge is 0.298 e. The number of anilines is 1. The first-order chi connectivity index (χ1) is 13.8. The third-order valence-corrected chi connectivity index (χ3v) is 5.54. The zero-order valence-electron chi connectivity index (χ0n) is 16.1. The van der Waals surface area contributed by atoms with E-state index in [9.17, 15) is 9.59 Å². The lowest BCUT2D eigenvalue weighted by Gasteiger charge is -2.17. The molecule has 0 aliphatic carbocycles. The lowest BCUT2D eigenvalue weighted by Crippen LogP contribution is -2.27. The molecule has 2 amide bonds. The maximum atomic E-state index is 12.8. The van der Waals surface area contributed by atoms with Crippen molar-refractivity contribution in [3.63, 3.8) is 0 Å². The monoisotopic (exact) mass is 495 g/mol.